The SMILES string of the molecule is c1ccc(-n2c3ccccc3c3c(-c4ccc5c6ccccc6n(-c6cccc(-c7ccc8oc9ccccc9c8c7)c6)c5c4)cccc32)cc1. The largest absolute Gasteiger partial charge is 0.456 e. The molecule has 51 heavy (non-hydrogen) atoms. The number of rotatable bonds is 4. The summed E-state index contributed by atoms with van der Waals surface area (Å²) in [7, 11) is 0. The van der Waals surface area contributed by atoms with Gasteiger partial charge in [-0.3, -0.25) is 0 Å². The van der Waals surface area contributed by atoms with Crippen molar-refractivity contribution in [2.75, 3.05) is 0 Å². The van der Waals surface area contributed by atoms with Crippen LogP contribution in [-0.2, 0) is 0 Å². The third-order valence-electron chi connectivity index (χ3n) is 10.5. The predicted molar refractivity (Wildman–Crippen MR) is 213 cm³/mol. The molecule has 0 fully saturated rings. The van der Waals surface area contributed by atoms with E-state index in [0.717, 1.165) is 33.3 Å². The smallest absolute Gasteiger partial charge is 0.135 e. The molecule has 0 aliphatic carbocycles. The zero-order valence-corrected chi connectivity index (χ0v) is 27.6. The molecular weight excluding hydrogens is 621 g/mol. The van der Waals surface area contributed by atoms with Crippen LogP contribution in [-0.4, -0.2) is 9.13 Å². The minimum atomic E-state index is 0.910. The van der Waals surface area contributed by atoms with E-state index in [2.05, 4.69) is 179 Å². The topological polar surface area (TPSA) is 23.0 Å². The predicted octanol–water partition coefficient (Wildman–Crippen LogP) is 13.1. The van der Waals surface area contributed by atoms with Crippen molar-refractivity contribution in [2.24, 2.45) is 0 Å². The summed E-state index contributed by atoms with van der Waals surface area (Å²) in [5, 5.41) is 7.28. The molecule has 0 aliphatic heterocycles. The highest BCUT2D eigenvalue weighted by Crippen LogP contribution is 2.41. The fraction of sp³-hybridized carbons (Fsp3) is 0. The summed E-state index contributed by atoms with van der Waals surface area (Å²) >= 11 is 0. The van der Waals surface area contributed by atoms with E-state index < -0.39 is 0 Å². The lowest BCUT2D eigenvalue weighted by Crippen LogP contribution is -1.95. The number of fused-ring (bicyclic) bond motifs is 9. The van der Waals surface area contributed by atoms with Gasteiger partial charge in [0.15, 0.2) is 0 Å². The van der Waals surface area contributed by atoms with Gasteiger partial charge in [-0.05, 0) is 89.0 Å². The Morgan fingerprint density at radius 2 is 0.922 bits per heavy atom. The van der Waals surface area contributed by atoms with Gasteiger partial charge >= 0.3 is 0 Å². The number of aromatic nitrogens is 2. The molecule has 8 aromatic carbocycles. The first-order valence-corrected chi connectivity index (χ1v) is 17.4. The minimum absolute atomic E-state index is 0.910. The highest BCUT2D eigenvalue weighted by molar-refractivity contribution is 6.17. The molecule has 0 atom stereocenters. The summed E-state index contributed by atoms with van der Waals surface area (Å²) < 4.78 is 11.0. The Hall–Kier alpha value is -6.84. The maximum Gasteiger partial charge on any atom is 0.135 e. The maximum atomic E-state index is 6.14. The fourth-order valence-corrected chi connectivity index (χ4v) is 8.26. The van der Waals surface area contributed by atoms with Gasteiger partial charge < -0.3 is 13.6 Å². The van der Waals surface area contributed by atoms with Gasteiger partial charge in [0.1, 0.15) is 11.2 Å². The van der Waals surface area contributed by atoms with Gasteiger partial charge in [-0.1, -0.05) is 115 Å². The molecule has 11 rings (SSSR count). The Kier molecular flexibility index (Phi) is 5.96. The summed E-state index contributed by atoms with van der Waals surface area (Å²) in [4.78, 5) is 0. The van der Waals surface area contributed by atoms with Crippen LogP contribution >= 0.6 is 0 Å². The molecule has 0 saturated carbocycles. The number of para-hydroxylation sites is 4. The third kappa shape index (κ3) is 4.19. The van der Waals surface area contributed by atoms with Gasteiger partial charge in [0.25, 0.3) is 0 Å². The van der Waals surface area contributed by atoms with Gasteiger partial charge in [0, 0.05) is 43.7 Å². The van der Waals surface area contributed by atoms with Crippen LogP contribution in [0, 0.1) is 0 Å². The molecule has 3 aromatic heterocycles. The first kappa shape index (κ1) is 28.0. The van der Waals surface area contributed by atoms with Crippen molar-refractivity contribution in [1.82, 2.24) is 9.13 Å². The Morgan fingerprint density at radius 1 is 0.314 bits per heavy atom. The average Bonchev–Trinajstić information content (AvgIpc) is 3.85. The quantitative estimate of drug-likeness (QED) is 0.186. The van der Waals surface area contributed by atoms with Crippen molar-refractivity contribution in [2.45, 2.75) is 0 Å². The average molecular weight is 651 g/mol. The molecule has 238 valence electrons. The van der Waals surface area contributed by atoms with Gasteiger partial charge in [-0.15, -0.1) is 0 Å². The van der Waals surface area contributed by atoms with Crippen molar-refractivity contribution in [3.8, 4) is 33.6 Å². The van der Waals surface area contributed by atoms with Crippen LogP contribution in [0.15, 0.2) is 186 Å². The summed E-state index contributed by atoms with van der Waals surface area (Å²) in [6.45, 7) is 0. The van der Waals surface area contributed by atoms with Crippen molar-refractivity contribution in [3.63, 3.8) is 0 Å². The van der Waals surface area contributed by atoms with E-state index in [9.17, 15) is 0 Å². The van der Waals surface area contributed by atoms with Crippen molar-refractivity contribution >= 4 is 65.6 Å². The van der Waals surface area contributed by atoms with Crippen molar-refractivity contribution < 1.29 is 4.42 Å². The van der Waals surface area contributed by atoms with E-state index in [4.69, 9.17) is 4.42 Å². The molecule has 0 N–H and O–H groups in total. The van der Waals surface area contributed by atoms with Crippen molar-refractivity contribution in [1.29, 1.82) is 0 Å². The molecule has 3 nitrogen and oxygen atoms in total. The van der Waals surface area contributed by atoms with E-state index in [1.807, 2.05) is 12.1 Å². The summed E-state index contributed by atoms with van der Waals surface area (Å²) in [5.41, 5.74) is 13.7. The second kappa shape index (κ2) is 10.8. The first-order chi connectivity index (χ1) is 25.3. The van der Waals surface area contributed by atoms with E-state index in [1.165, 1.54) is 65.9 Å². The normalized spacial score (nSPS) is 11.9. The van der Waals surface area contributed by atoms with Gasteiger partial charge in [-0.2, -0.15) is 0 Å². The van der Waals surface area contributed by atoms with Gasteiger partial charge in [-0.25, -0.2) is 0 Å². The molecule has 0 bridgehead atoms. The molecular formula is C48H30N2O. The summed E-state index contributed by atoms with van der Waals surface area (Å²) in [6, 6.07) is 65.6. The van der Waals surface area contributed by atoms with E-state index in [1.54, 1.807) is 0 Å². The summed E-state index contributed by atoms with van der Waals surface area (Å²) in [6.07, 6.45) is 0. The Balaban J connectivity index is 1.13. The molecule has 0 spiro atoms. The summed E-state index contributed by atoms with van der Waals surface area (Å²) in [5.74, 6) is 0. The molecule has 3 heteroatoms. The zero-order chi connectivity index (χ0) is 33.5. The molecule has 0 amide bonds. The minimum Gasteiger partial charge on any atom is -0.456 e. The molecule has 0 aliphatic rings. The van der Waals surface area contributed by atoms with Crippen LogP contribution in [0.25, 0.3) is 99.2 Å². The van der Waals surface area contributed by atoms with E-state index >= 15 is 0 Å². The number of nitrogens with zero attached hydrogens (tertiary/aromatic N) is 2. The second-order valence-corrected chi connectivity index (χ2v) is 13.3. The lowest BCUT2D eigenvalue weighted by atomic mass is 9.98. The van der Waals surface area contributed by atoms with Crippen LogP contribution < -0.4 is 0 Å². The monoisotopic (exact) mass is 650 g/mol. The lowest BCUT2D eigenvalue weighted by Gasteiger charge is -2.12. The van der Waals surface area contributed by atoms with Crippen LogP contribution in [0.5, 0.6) is 0 Å². The number of furan rings is 1. The maximum absolute atomic E-state index is 6.14. The molecule has 11 aromatic rings. The number of benzene rings is 8. The first-order valence-electron chi connectivity index (χ1n) is 17.4. The van der Waals surface area contributed by atoms with Crippen molar-refractivity contribution in [3.05, 3.63) is 182 Å². The molecule has 0 radical (unpaired) electrons. The highest BCUT2D eigenvalue weighted by atomic mass is 16.3. The lowest BCUT2D eigenvalue weighted by molar-refractivity contribution is 0.669. The molecule has 0 unspecified atom stereocenters. The van der Waals surface area contributed by atoms with Crippen LogP contribution in [0.1, 0.15) is 0 Å². The van der Waals surface area contributed by atoms with Gasteiger partial charge in [0.05, 0.1) is 22.1 Å². The standard InChI is InChI=1S/C48H30N2O/c1-2-13-34(14-3-1)49-43-21-8-5-18-40(43)48-36(19-11-22-44(48)49)33-24-26-38-37-16-4-7-20-42(37)50(45(38)30-33)35-15-10-12-31(28-35)32-25-27-47-41(29-32)39-17-6-9-23-46(39)51-47/h1-30H. The zero-order valence-electron chi connectivity index (χ0n) is 27.6. The van der Waals surface area contributed by atoms with E-state index in [-0.39, 0.29) is 0 Å². The van der Waals surface area contributed by atoms with E-state index in [0.29, 0.717) is 0 Å². The van der Waals surface area contributed by atoms with Crippen LogP contribution in [0.2, 0.25) is 0 Å². The number of hydrogen-bond donors (Lipinski definition) is 0. The van der Waals surface area contributed by atoms with Crippen LogP contribution in [0.4, 0.5) is 0 Å². The van der Waals surface area contributed by atoms with Crippen LogP contribution in [0.3, 0.4) is 0 Å². The highest BCUT2D eigenvalue weighted by Gasteiger charge is 2.18. The van der Waals surface area contributed by atoms with Gasteiger partial charge in [0.2, 0.25) is 0 Å². The third-order valence-corrected chi connectivity index (χ3v) is 10.5. The Labute approximate surface area is 293 Å². The number of hydrogen-bond acceptors (Lipinski definition) is 1. The fourth-order valence-electron chi connectivity index (χ4n) is 8.26. The molecule has 3 heterocycles. The Bertz CT molecular complexity index is 3140. The molecule has 0 saturated heterocycles. The Morgan fingerprint density at radius 3 is 1.80 bits per heavy atom. The second-order valence-electron chi connectivity index (χ2n) is 13.3.